The largest absolute Gasteiger partial charge is 0.497 e. The molecule has 0 bridgehead atoms. The van der Waals surface area contributed by atoms with Crippen LogP contribution in [0.5, 0.6) is 5.75 Å². The van der Waals surface area contributed by atoms with Gasteiger partial charge in [-0.25, -0.2) is 8.42 Å². The van der Waals surface area contributed by atoms with E-state index < -0.39 is 10.0 Å². The van der Waals surface area contributed by atoms with Gasteiger partial charge in [0, 0.05) is 17.3 Å². The molecular weight excluding hydrogens is 386 g/mol. The van der Waals surface area contributed by atoms with Crippen LogP contribution in [0.25, 0.3) is 0 Å². The fourth-order valence-corrected chi connectivity index (χ4v) is 3.59. The zero-order chi connectivity index (χ0) is 19.4. The van der Waals surface area contributed by atoms with Gasteiger partial charge in [0.15, 0.2) is 5.11 Å². The highest BCUT2D eigenvalue weighted by molar-refractivity contribution is 7.92. The van der Waals surface area contributed by atoms with Gasteiger partial charge >= 0.3 is 0 Å². The number of thiocarbonyl (C=S) groups is 1. The molecule has 142 valence electrons. The van der Waals surface area contributed by atoms with Crippen LogP contribution < -0.4 is 20.1 Å². The van der Waals surface area contributed by atoms with Gasteiger partial charge in [-0.05, 0) is 73.6 Å². The van der Waals surface area contributed by atoms with Crippen molar-refractivity contribution in [3.63, 3.8) is 0 Å². The van der Waals surface area contributed by atoms with E-state index in [9.17, 15) is 13.2 Å². The van der Waals surface area contributed by atoms with E-state index in [-0.39, 0.29) is 21.8 Å². The number of amides is 1. The quantitative estimate of drug-likeness (QED) is 0.640. The molecule has 1 saturated carbocycles. The Hall–Kier alpha value is -2.65. The number of nitrogens with one attached hydrogen (secondary N) is 3. The molecule has 2 aromatic rings. The first-order valence-corrected chi connectivity index (χ1v) is 10.2. The average Bonchev–Trinajstić information content (AvgIpc) is 3.47. The minimum Gasteiger partial charge on any atom is -0.497 e. The lowest BCUT2D eigenvalue weighted by Crippen LogP contribution is -2.35. The molecule has 0 heterocycles. The van der Waals surface area contributed by atoms with Gasteiger partial charge in [0.1, 0.15) is 5.75 Å². The third-order valence-corrected chi connectivity index (χ3v) is 5.55. The predicted octanol–water partition coefficient (Wildman–Crippen LogP) is 2.72. The number of carbonyl (C=O) groups excluding carboxylic acids is 1. The molecule has 0 saturated heterocycles. The monoisotopic (exact) mass is 405 g/mol. The summed E-state index contributed by atoms with van der Waals surface area (Å²) in [5.41, 5.74) is 1.02. The maximum atomic E-state index is 12.5. The predicted molar refractivity (Wildman–Crippen MR) is 107 cm³/mol. The van der Waals surface area contributed by atoms with Crippen LogP contribution in [0.15, 0.2) is 53.4 Å². The Morgan fingerprint density at radius 3 is 2.19 bits per heavy atom. The van der Waals surface area contributed by atoms with Crippen molar-refractivity contribution in [3.05, 3.63) is 48.5 Å². The van der Waals surface area contributed by atoms with Crippen LogP contribution >= 0.6 is 12.2 Å². The molecule has 0 aliphatic heterocycles. The Morgan fingerprint density at radius 1 is 1.04 bits per heavy atom. The number of methoxy groups -OCH3 is 1. The second kappa shape index (κ2) is 7.93. The molecule has 1 fully saturated rings. The van der Waals surface area contributed by atoms with Crippen LogP contribution in [0, 0.1) is 5.92 Å². The highest BCUT2D eigenvalue weighted by Crippen LogP contribution is 2.28. The molecule has 0 radical (unpaired) electrons. The van der Waals surface area contributed by atoms with Gasteiger partial charge < -0.3 is 15.4 Å². The van der Waals surface area contributed by atoms with Gasteiger partial charge in [0.25, 0.3) is 10.0 Å². The summed E-state index contributed by atoms with van der Waals surface area (Å²) in [6.07, 6.45) is 1.78. The van der Waals surface area contributed by atoms with Crippen molar-refractivity contribution >= 4 is 44.6 Å². The maximum Gasteiger partial charge on any atom is 0.261 e. The van der Waals surface area contributed by atoms with Crippen LogP contribution in [-0.4, -0.2) is 26.5 Å². The Balaban J connectivity index is 1.62. The van der Waals surface area contributed by atoms with E-state index in [2.05, 4.69) is 15.4 Å². The Kier molecular flexibility index (Phi) is 5.62. The lowest BCUT2D eigenvalue weighted by Gasteiger charge is -2.11. The molecule has 0 spiro atoms. The molecule has 2 aromatic carbocycles. The zero-order valence-corrected chi connectivity index (χ0v) is 16.2. The summed E-state index contributed by atoms with van der Waals surface area (Å²) in [4.78, 5) is 11.8. The van der Waals surface area contributed by atoms with E-state index in [1.54, 1.807) is 36.4 Å². The molecule has 1 aliphatic carbocycles. The minimum atomic E-state index is -3.72. The Bertz CT molecular complexity index is 938. The van der Waals surface area contributed by atoms with Crippen molar-refractivity contribution in [3.8, 4) is 5.75 Å². The number of rotatable bonds is 6. The summed E-state index contributed by atoms with van der Waals surface area (Å²) in [6.45, 7) is 0. The second-order valence-corrected chi connectivity index (χ2v) is 8.17. The number of benzene rings is 2. The molecule has 0 atom stereocenters. The van der Waals surface area contributed by atoms with Crippen molar-refractivity contribution in [1.82, 2.24) is 5.32 Å². The summed E-state index contributed by atoms with van der Waals surface area (Å²) >= 11 is 5.09. The number of carbonyl (C=O) groups is 1. The molecule has 1 aliphatic rings. The van der Waals surface area contributed by atoms with E-state index in [0.717, 1.165) is 12.8 Å². The van der Waals surface area contributed by atoms with Gasteiger partial charge in [0.2, 0.25) is 5.91 Å². The molecule has 27 heavy (non-hydrogen) atoms. The maximum absolute atomic E-state index is 12.5. The van der Waals surface area contributed by atoms with E-state index in [1.165, 1.54) is 19.2 Å². The number of ether oxygens (including phenoxy) is 1. The SMILES string of the molecule is COc1ccc(NS(=O)(=O)c2ccc(NC(=S)NC(=O)C3CC3)cc2)cc1. The molecule has 1 amide bonds. The number of sulfonamides is 1. The third-order valence-electron chi connectivity index (χ3n) is 3.95. The Labute approximate surface area is 163 Å². The first-order valence-electron chi connectivity index (χ1n) is 8.26. The van der Waals surface area contributed by atoms with Crippen molar-refractivity contribution < 1.29 is 17.9 Å². The molecular formula is C18H19N3O4S2. The van der Waals surface area contributed by atoms with Crippen LogP contribution in [0.2, 0.25) is 0 Å². The minimum absolute atomic E-state index is 0.0568. The van der Waals surface area contributed by atoms with Gasteiger partial charge in [0.05, 0.1) is 12.0 Å². The van der Waals surface area contributed by atoms with Crippen molar-refractivity contribution in [2.45, 2.75) is 17.7 Å². The van der Waals surface area contributed by atoms with Crippen LogP contribution in [0.3, 0.4) is 0 Å². The number of anilines is 2. The lowest BCUT2D eigenvalue weighted by atomic mass is 10.3. The molecule has 9 heteroatoms. The summed E-state index contributed by atoms with van der Waals surface area (Å²) in [7, 11) is -2.18. The van der Waals surface area contributed by atoms with Gasteiger partial charge in [-0.1, -0.05) is 0 Å². The molecule has 0 aromatic heterocycles. The zero-order valence-electron chi connectivity index (χ0n) is 14.6. The van der Waals surface area contributed by atoms with Crippen molar-refractivity contribution in [2.75, 3.05) is 17.1 Å². The lowest BCUT2D eigenvalue weighted by molar-refractivity contribution is -0.120. The number of hydrogen-bond acceptors (Lipinski definition) is 5. The van der Waals surface area contributed by atoms with Gasteiger partial charge in [-0.15, -0.1) is 0 Å². The summed E-state index contributed by atoms with van der Waals surface area (Å²) in [5, 5.41) is 5.68. The number of hydrogen-bond donors (Lipinski definition) is 3. The standard InChI is InChI=1S/C18H19N3O4S2/c1-25-15-8-4-14(5-9-15)21-27(23,24)16-10-6-13(7-11-16)19-18(26)20-17(22)12-2-3-12/h4-12,21H,2-3H2,1H3,(H2,19,20,22,26). The normalized spacial score (nSPS) is 13.5. The Morgan fingerprint density at radius 2 is 1.63 bits per heavy atom. The van der Waals surface area contributed by atoms with E-state index in [0.29, 0.717) is 17.1 Å². The first-order chi connectivity index (χ1) is 12.9. The smallest absolute Gasteiger partial charge is 0.261 e. The summed E-state index contributed by atoms with van der Waals surface area (Å²) in [6, 6.07) is 12.7. The van der Waals surface area contributed by atoms with E-state index in [1.807, 2.05) is 0 Å². The fraction of sp³-hybridized carbons (Fsp3) is 0.222. The van der Waals surface area contributed by atoms with Crippen LogP contribution in [0.4, 0.5) is 11.4 Å². The first kappa shape index (κ1) is 19.1. The third kappa shape index (κ3) is 5.18. The van der Waals surface area contributed by atoms with Crippen molar-refractivity contribution in [1.29, 1.82) is 0 Å². The molecule has 7 nitrogen and oxygen atoms in total. The van der Waals surface area contributed by atoms with Crippen LogP contribution in [-0.2, 0) is 14.8 Å². The van der Waals surface area contributed by atoms with Gasteiger partial charge in [-0.3, -0.25) is 9.52 Å². The van der Waals surface area contributed by atoms with Crippen molar-refractivity contribution in [2.24, 2.45) is 5.92 Å². The van der Waals surface area contributed by atoms with E-state index in [4.69, 9.17) is 17.0 Å². The molecule has 3 rings (SSSR count). The molecule has 0 unspecified atom stereocenters. The van der Waals surface area contributed by atoms with E-state index >= 15 is 0 Å². The average molecular weight is 406 g/mol. The topological polar surface area (TPSA) is 96.5 Å². The highest BCUT2D eigenvalue weighted by atomic mass is 32.2. The second-order valence-electron chi connectivity index (χ2n) is 6.08. The highest BCUT2D eigenvalue weighted by Gasteiger charge is 2.30. The summed E-state index contributed by atoms with van der Waals surface area (Å²) < 4.78 is 32.5. The fourth-order valence-electron chi connectivity index (χ4n) is 2.31. The molecule has 3 N–H and O–H groups in total. The summed E-state index contributed by atoms with van der Waals surface area (Å²) in [5.74, 6) is 0.606. The van der Waals surface area contributed by atoms with Crippen LogP contribution in [0.1, 0.15) is 12.8 Å². The van der Waals surface area contributed by atoms with Gasteiger partial charge in [-0.2, -0.15) is 0 Å².